The molecule has 1 fully saturated rings. The van der Waals surface area contributed by atoms with Gasteiger partial charge in [-0.1, -0.05) is 30.3 Å². The molecule has 0 aliphatic heterocycles. The third-order valence-corrected chi connectivity index (χ3v) is 5.87. The van der Waals surface area contributed by atoms with Crippen molar-refractivity contribution in [1.29, 1.82) is 0 Å². The number of rotatable bonds is 7. The summed E-state index contributed by atoms with van der Waals surface area (Å²) >= 11 is 1.05. The van der Waals surface area contributed by atoms with Gasteiger partial charge in [0.25, 0.3) is 0 Å². The maximum atomic E-state index is 12.7. The van der Waals surface area contributed by atoms with Gasteiger partial charge in [-0.3, -0.25) is 4.79 Å². The van der Waals surface area contributed by atoms with Crippen LogP contribution in [-0.2, 0) is 14.3 Å². The van der Waals surface area contributed by atoms with Gasteiger partial charge in [0.2, 0.25) is 5.91 Å². The molecule has 0 saturated heterocycles. The van der Waals surface area contributed by atoms with Crippen LogP contribution in [0, 0.1) is 12.8 Å². The van der Waals surface area contributed by atoms with Crippen LogP contribution in [0.2, 0.25) is 0 Å². The van der Waals surface area contributed by atoms with Gasteiger partial charge < -0.3 is 14.8 Å². The monoisotopic (exact) mass is 401 g/mol. The van der Waals surface area contributed by atoms with Gasteiger partial charge in [-0.25, -0.2) is 9.59 Å². The number of carbonyl (C=O) groups excluding carboxylic acids is 3. The van der Waals surface area contributed by atoms with E-state index in [2.05, 4.69) is 5.32 Å². The zero-order chi connectivity index (χ0) is 20.3. The zero-order valence-corrected chi connectivity index (χ0v) is 16.9. The minimum atomic E-state index is -0.558. The van der Waals surface area contributed by atoms with E-state index in [0.717, 1.165) is 23.3 Å². The molecule has 0 unspecified atom stereocenters. The first-order valence-electron chi connectivity index (χ1n) is 9.31. The molecule has 1 aromatic heterocycles. The SMILES string of the molecule is CCOC(=O)c1sc(NC(=O)[C@@H]2C[C@H]2c2ccccc2)c(C(=O)OCC)c1C. The number of benzene rings is 1. The molecule has 3 rings (SSSR count). The molecule has 0 bridgehead atoms. The lowest BCUT2D eigenvalue weighted by Gasteiger charge is -2.07. The second kappa shape index (κ2) is 8.56. The molecular formula is C21H23NO5S. The van der Waals surface area contributed by atoms with E-state index in [9.17, 15) is 14.4 Å². The van der Waals surface area contributed by atoms with Crippen molar-refractivity contribution in [2.75, 3.05) is 18.5 Å². The number of anilines is 1. The third-order valence-electron chi connectivity index (χ3n) is 4.68. The predicted molar refractivity (Wildman–Crippen MR) is 107 cm³/mol. The Kier molecular flexibility index (Phi) is 6.14. The molecule has 0 spiro atoms. The van der Waals surface area contributed by atoms with Gasteiger partial charge in [-0.15, -0.1) is 11.3 Å². The van der Waals surface area contributed by atoms with Crippen LogP contribution >= 0.6 is 11.3 Å². The topological polar surface area (TPSA) is 81.7 Å². The van der Waals surface area contributed by atoms with Crippen molar-refractivity contribution < 1.29 is 23.9 Å². The quantitative estimate of drug-likeness (QED) is 0.705. The normalized spacial score (nSPS) is 17.7. The average molecular weight is 401 g/mol. The summed E-state index contributed by atoms with van der Waals surface area (Å²) in [6, 6.07) is 9.87. The highest BCUT2D eigenvalue weighted by Gasteiger charge is 2.44. The molecule has 1 aliphatic rings. The lowest BCUT2D eigenvalue weighted by molar-refractivity contribution is -0.117. The fourth-order valence-corrected chi connectivity index (χ4v) is 4.29. The second-order valence-electron chi connectivity index (χ2n) is 6.55. The van der Waals surface area contributed by atoms with Crippen molar-refractivity contribution in [2.24, 2.45) is 5.92 Å². The Morgan fingerprint density at radius 3 is 2.36 bits per heavy atom. The van der Waals surface area contributed by atoms with Crippen LogP contribution < -0.4 is 5.32 Å². The number of carbonyl (C=O) groups is 3. The first-order valence-corrected chi connectivity index (χ1v) is 10.1. The Bertz CT molecular complexity index is 890. The number of nitrogens with one attached hydrogen (secondary N) is 1. The summed E-state index contributed by atoms with van der Waals surface area (Å²) < 4.78 is 10.2. The number of amides is 1. The Labute approximate surface area is 167 Å². The Morgan fingerprint density at radius 1 is 1.07 bits per heavy atom. The molecule has 2 atom stereocenters. The average Bonchev–Trinajstić information content (AvgIpc) is 3.41. The fraction of sp³-hybridized carbons (Fsp3) is 0.381. The second-order valence-corrected chi connectivity index (χ2v) is 7.57. The lowest BCUT2D eigenvalue weighted by Crippen LogP contribution is -2.16. The molecule has 148 valence electrons. The molecule has 7 heteroatoms. The molecule has 1 heterocycles. The van der Waals surface area contributed by atoms with Crippen molar-refractivity contribution in [2.45, 2.75) is 33.1 Å². The highest BCUT2D eigenvalue weighted by molar-refractivity contribution is 7.18. The van der Waals surface area contributed by atoms with E-state index < -0.39 is 11.9 Å². The molecule has 1 amide bonds. The van der Waals surface area contributed by atoms with Gasteiger partial charge in [0.15, 0.2) is 0 Å². The Morgan fingerprint density at radius 2 is 1.71 bits per heavy atom. The minimum Gasteiger partial charge on any atom is -0.462 e. The predicted octanol–water partition coefficient (Wildman–Crippen LogP) is 4.15. The number of ether oxygens (including phenoxy) is 2. The van der Waals surface area contributed by atoms with Crippen LogP contribution in [0.3, 0.4) is 0 Å². The van der Waals surface area contributed by atoms with Gasteiger partial charge >= 0.3 is 11.9 Å². The van der Waals surface area contributed by atoms with E-state index in [1.807, 2.05) is 30.3 Å². The summed E-state index contributed by atoms with van der Waals surface area (Å²) in [4.78, 5) is 37.7. The fourth-order valence-electron chi connectivity index (χ4n) is 3.20. The highest BCUT2D eigenvalue weighted by Crippen LogP contribution is 2.48. The molecule has 0 radical (unpaired) electrons. The summed E-state index contributed by atoms with van der Waals surface area (Å²) in [5.74, 6) is -1.19. The molecule has 1 N–H and O–H groups in total. The van der Waals surface area contributed by atoms with Crippen molar-refractivity contribution in [1.82, 2.24) is 0 Å². The first kappa shape index (κ1) is 20.1. The van der Waals surface area contributed by atoms with Crippen molar-refractivity contribution >= 4 is 34.2 Å². The van der Waals surface area contributed by atoms with Gasteiger partial charge in [0.05, 0.1) is 18.8 Å². The summed E-state index contributed by atoms with van der Waals surface area (Å²) in [5.41, 5.74) is 1.82. The van der Waals surface area contributed by atoms with E-state index >= 15 is 0 Å². The lowest BCUT2D eigenvalue weighted by atomic mass is 10.1. The smallest absolute Gasteiger partial charge is 0.348 e. The van der Waals surface area contributed by atoms with Crippen LogP contribution in [0.4, 0.5) is 5.00 Å². The van der Waals surface area contributed by atoms with Crippen LogP contribution in [0.25, 0.3) is 0 Å². The van der Waals surface area contributed by atoms with E-state index in [1.165, 1.54) is 0 Å². The molecule has 6 nitrogen and oxygen atoms in total. The van der Waals surface area contributed by atoms with E-state index in [1.54, 1.807) is 20.8 Å². The maximum Gasteiger partial charge on any atom is 0.348 e. The van der Waals surface area contributed by atoms with Crippen LogP contribution in [0.5, 0.6) is 0 Å². The van der Waals surface area contributed by atoms with Crippen molar-refractivity contribution in [3.8, 4) is 0 Å². The minimum absolute atomic E-state index is 0.147. The standard InChI is InChI=1S/C21H23NO5S/c1-4-26-20(24)16-12(3)17(21(25)27-5-2)28-19(16)22-18(23)15-11-14(15)13-9-7-6-8-10-13/h6-10,14-15H,4-5,11H2,1-3H3,(H,22,23)/t14-,15+/m0/s1. The van der Waals surface area contributed by atoms with Gasteiger partial charge in [0.1, 0.15) is 9.88 Å². The molecule has 28 heavy (non-hydrogen) atoms. The molecular weight excluding hydrogens is 378 g/mol. The molecule has 1 aromatic carbocycles. The third kappa shape index (κ3) is 4.09. The Balaban J connectivity index is 1.82. The number of hydrogen-bond donors (Lipinski definition) is 1. The van der Waals surface area contributed by atoms with Crippen LogP contribution in [0.1, 0.15) is 57.3 Å². The number of hydrogen-bond acceptors (Lipinski definition) is 6. The largest absolute Gasteiger partial charge is 0.462 e. The Hall–Kier alpha value is -2.67. The molecule has 1 aliphatic carbocycles. The first-order chi connectivity index (χ1) is 13.5. The van der Waals surface area contributed by atoms with Gasteiger partial charge in [-0.2, -0.15) is 0 Å². The summed E-state index contributed by atoms with van der Waals surface area (Å²) in [5, 5.41) is 3.18. The number of thiophene rings is 1. The highest BCUT2D eigenvalue weighted by atomic mass is 32.1. The van der Waals surface area contributed by atoms with Gasteiger partial charge in [-0.05, 0) is 44.2 Å². The van der Waals surface area contributed by atoms with E-state index in [0.29, 0.717) is 15.4 Å². The molecule has 2 aromatic rings. The van der Waals surface area contributed by atoms with E-state index in [-0.39, 0.29) is 36.5 Å². The summed E-state index contributed by atoms with van der Waals surface area (Å²) in [6.07, 6.45) is 0.764. The van der Waals surface area contributed by atoms with Gasteiger partial charge in [0, 0.05) is 5.92 Å². The van der Waals surface area contributed by atoms with Crippen LogP contribution in [0.15, 0.2) is 30.3 Å². The maximum absolute atomic E-state index is 12.7. The van der Waals surface area contributed by atoms with Crippen molar-refractivity contribution in [3.05, 3.63) is 51.9 Å². The summed E-state index contributed by atoms with van der Waals surface area (Å²) in [7, 11) is 0. The van der Waals surface area contributed by atoms with E-state index in [4.69, 9.17) is 9.47 Å². The summed E-state index contributed by atoms with van der Waals surface area (Å²) in [6.45, 7) is 5.52. The van der Waals surface area contributed by atoms with Crippen LogP contribution in [-0.4, -0.2) is 31.1 Å². The van der Waals surface area contributed by atoms with Crippen molar-refractivity contribution in [3.63, 3.8) is 0 Å². The number of esters is 2. The molecule has 1 saturated carbocycles. The zero-order valence-electron chi connectivity index (χ0n) is 16.1.